The van der Waals surface area contributed by atoms with Crippen LogP contribution >= 0.6 is 23.2 Å². The Balaban J connectivity index is 3.13. The zero-order valence-corrected chi connectivity index (χ0v) is 11.5. The van der Waals surface area contributed by atoms with Crippen LogP contribution in [0.4, 0.5) is 0 Å². The second-order valence-corrected chi connectivity index (χ2v) is 4.50. The van der Waals surface area contributed by atoms with E-state index < -0.39 is 0 Å². The smallest absolute Gasteiger partial charge is 0.333 e. The summed E-state index contributed by atoms with van der Waals surface area (Å²) in [6, 6.07) is 5.19. The van der Waals surface area contributed by atoms with Gasteiger partial charge in [0.2, 0.25) is 0 Å². The maximum atomic E-state index is 11.6. The maximum absolute atomic E-state index is 11.6. The van der Waals surface area contributed by atoms with Crippen molar-refractivity contribution in [2.75, 3.05) is 6.61 Å². The van der Waals surface area contributed by atoms with Gasteiger partial charge in [-0.2, -0.15) is 0 Å². The lowest BCUT2D eigenvalue weighted by molar-refractivity contribution is -0.138. The molecular weight excluding hydrogens is 259 g/mol. The molecule has 92 valence electrons. The van der Waals surface area contributed by atoms with E-state index in [-0.39, 0.29) is 5.97 Å². The van der Waals surface area contributed by atoms with Crippen LogP contribution in [0.25, 0.3) is 5.57 Å². The molecule has 1 aromatic rings. The molecule has 0 aliphatic rings. The molecule has 2 nitrogen and oxygen atoms in total. The van der Waals surface area contributed by atoms with Crippen LogP contribution in [0, 0.1) is 0 Å². The number of halogens is 2. The van der Waals surface area contributed by atoms with Gasteiger partial charge in [0, 0.05) is 15.6 Å². The van der Waals surface area contributed by atoms with Gasteiger partial charge < -0.3 is 4.74 Å². The lowest BCUT2D eigenvalue weighted by Crippen LogP contribution is -2.06. The van der Waals surface area contributed by atoms with Crippen molar-refractivity contribution in [3.8, 4) is 0 Å². The van der Waals surface area contributed by atoms with E-state index >= 15 is 0 Å². The first-order chi connectivity index (χ1) is 7.95. The third kappa shape index (κ3) is 3.76. The summed E-state index contributed by atoms with van der Waals surface area (Å²) in [4.78, 5) is 11.6. The van der Waals surface area contributed by atoms with Gasteiger partial charge >= 0.3 is 5.97 Å². The summed E-state index contributed by atoms with van der Waals surface area (Å²) < 4.78 is 4.94. The summed E-state index contributed by atoms with van der Waals surface area (Å²) in [5.41, 5.74) is 2.20. The molecule has 1 aromatic carbocycles. The minimum absolute atomic E-state index is 0.318. The van der Waals surface area contributed by atoms with Crippen molar-refractivity contribution < 1.29 is 9.53 Å². The number of ether oxygens (including phenoxy) is 1. The predicted molar refractivity (Wildman–Crippen MR) is 71.4 cm³/mol. The number of carbonyl (C=O) groups excluding carboxylic acids is 1. The van der Waals surface area contributed by atoms with Gasteiger partial charge in [0.1, 0.15) is 0 Å². The summed E-state index contributed by atoms with van der Waals surface area (Å²) in [7, 11) is 0. The molecule has 0 amide bonds. The van der Waals surface area contributed by atoms with Crippen LogP contribution in [-0.4, -0.2) is 12.6 Å². The topological polar surface area (TPSA) is 26.3 Å². The number of rotatable bonds is 3. The van der Waals surface area contributed by atoms with Crippen LogP contribution in [0.2, 0.25) is 10.0 Å². The Morgan fingerprint density at radius 3 is 2.18 bits per heavy atom. The van der Waals surface area contributed by atoms with E-state index in [0.717, 1.165) is 11.1 Å². The van der Waals surface area contributed by atoms with Crippen LogP contribution in [0.5, 0.6) is 0 Å². The fourth-order valence-electron chi connectivity index (χ4n) is 1.38. The SMILES string of the molecule is CCOC(=O)/C(C)=C(\C)c1cc(Cl)cc(Cl)c1. The number of hydrogen-bond acceptors (Lipinski definition) is 2. The Hall–Kier alpha value is -0.990. The van der Waals surface area contributed by atoms with Crippen molar-refractivity contribution in [3.63, 3.8) is 0 Å². The van der Waals surface area contributed by atoms with Crippen LogP contribution in [-0.2, 0) is 9.53 Å². The van der Waals surface area contributed by atoms with Crippen molar-refractivity contribution in [2.24, 2.45) is 0 Å². The van der Waals surface area contributed by atoms with E-state index in [1.807, 2.05) is 6.92 Å². The standard InChI is InChI=1S/C13H14Cl2O2/c1-4-17-13(16)9(3)8(2)10-5-11(14)7-12(15)6-10/h5-7H,4H2,1-3H3/b9-8+. The number of hydrogen-bond donors (Lipinski definition) is 0. The fourth-order valence-corrected chi connectivity index (χ4v) is 1.91. The third-order valence-electron chi connectivity index (χ3n) is 2.44. The third-order valence-corrected chi connectivity index (χ3v) is 2.88. The van der Waals surface area contributed by atoms with Gasteiger partial charge in [0.25, 0.3) is 0 Å². The normalized spacial score (nSPS) is 12.1. The van der Waals surface area contributed by atoms with Crippen molar-refractivity contribution in [3.05, 3.63) is 39.4 Å². The van der Waals surface area contributed by atoms with Crippen LogP contribution in [0.15, 0.2) is 23.8 Å². The van der Waals surface area contributed by atoms with E-state index in [4.69, 9.17) is 27.9 Å². The van der Waals surface area contributed by atoms with Gasteiger partial charge in [-0.1, -0.05) is 23.2 Å². The van der Waals surface area contributed by atoms with Crippen molar-refractivity contribution >= 4 is 34.7 Å². The second-order valence-electron chi connectivity index (χ2n) is 3.63. The quantitative estimate of drug-likeness (QED) is 0.604. The first-order valence-electron chi connectivity index (χ1n) is 5.26. The molecule has 0 atom stereocenters. The molecule has 0 aliphatic heterocycles. The lowest BCUT2D eigenvalue weighted by atomic mass is 10.0. The molecule has 0 N–H and O–H groups in total. The van der Waals surface area contributed by atoms with Crippen LogP contribution in [0.3, 0.4) is 0 Å². The second kappa shape index (κ2) is 6.08. The molecule has 0 unspecified atom stereocenters. The summed E-state index contributed by atoms with van der Waals surface area (Å²) in [5.74, 6) is -0.318. The van der Waals surface area contributed by atoms with Crippen molar-refractivity contribution in [1.82, 2.24) is 0 Å². The number of benzene rings is 1. The van der Waals surface area contributed by atoms with E-state index in [2.05, 4.69) is 0 Å². The van der Waals surface area contributed by atoms with Gasteiger partial charge in [-0.15, -0.1) is 0 Å². The zero-order valence-electron chi connectivity index (χ0n) is 10.0. The summed E-state index contributed by atoms with van der Waals surface area (Å²) >= 11 is 11.8. The molecule has 0 radical (unpaired) electrons. The highest BCUT2D eigenvalue weighted by Crippen LogP contribution is 2.26. The minimum Gasteiger partial charge on any atom is -0.463 e. The molecule has 0 bridgehead atoms. The van der Waals surface area contributed by atoms with Gasteiger partial charge in [-0.05, 0) is 50.1 Å². The molecule has 0 fully saturated rings. The van der Waals surface area contributed by atoms with Crippen molar-refractivity contribution in [2.45, 2.75) is 20.8 Å². The Kier molecular flexibility index (Phi) is 5.03. The molecule has 0 saturated carbocycles. The summed E-state index contributed by atoms with van der Waals surface area (Å²) in [6.45, 7) is 5.70. The Bertz CT molecular complexity index is 444. The molecule has 0 aliphatic carbocycles. The minimum atomic E-state index is -0.318. The molecule has 4 heteroatoms. The molecule has 17 heavy (non-hydrogen) atoms. The van der Waals surface area contributed by atoms with Gasteiger partial charge in [0.05, 0.1) is 6.61 Å². The Labute approximate surface area is 111 Å². The van der Waals surface area contributed by atoms with E-state index in [1.54, 1.807) is 32.0 Å². The Morgan fingerprint density at radius 1 is 1.18 bits per heavy atom. The largest absolute Gasteiger partial charge is 0.463 e. The zero-order chi connectivity index (χ0) is 13.0. The molecule has 1 rings (SSSR count). The van der Waals surface area contributed by atoms with E-state index in [9.17, 15) is 4.79 Å². The highest BCUT2D eigenvalue weighted by Gasteiger charge is 2.10. The maximum Gasteiger partial charge on any atom is 0.333 e. The average Bonchev–Trinajstić information content (AvgIpc) is 2.26. The molecule has 0 aromatic heterocycles. The lowest BCUT2D eigenvalue weighted by Gasteiger charge is -2.08. The fraction of sp³-hybridized carbons (Fsp3) is 0.308. The first kappa shape index (κ1) is 14.1. The van der Waals surface area contributed by atoms with Gasteiger partial charge in [0.15, 0.2) is 0 Å². The Morgan fingerprint density at radius 2 is 1.71 bits per heavy atom. The summed E-state index contributed by atoms with van der Waals surface area (Å²) in [6.07, 6.45) is 0. The van der Waals surface area contributed by atoms with Crippen LogP contribution < -0.4 is 0 Å². The predicted octanol–water partition coefficient (Wildman–Crippen LogP) is 4.35. The molecule has 0 heterocycles. The highest BCUT2D eigenvalue weighted by atomic mass is 35.5. The highest BCUT2D eigenvalue weighted by molar-refractivity contribution is 6.34. The van der Waals surface area contributed by atoms with E-state index in [0.29, 0.717) is 22.2 Å². The van der Waals surface area contributed by atoms with Crippen molar-refractivity contribution in [1.29, 1.82) is 0 Å². The average molecular weight is 273 g/mol. The van der Waals surface area contributed by atoms with Crippen LogP contribution in [0.1, 0.15) is 26.3 Å². The molecule has 0 saturated heterocycles. The summed E-state index contributed by atoms with van der Waals surface area (Å²) in [5, 5.41) is 1.09. The van der Waals surface area contributed by atoms with E-state index in [1.165, 1.54) is 0 Å². The number of esters is 1. The monoisotopic (exact) mass is 272 g/mol. The first-order valence-corrected chi connectivity index (χ1v) is 6.02. The molecule has 0 spiro atoms. The number of carbonyl (C=O) groups is 1. The number of allylic oxidation sites excluding steroid dienone is 1. The van der Waals surface area contributed by atoms with Gasteiger partial charge in [-0.25, -0.2) is 4.79 Å². The van der Waals surface area contributed by atoms with Gasteiger partial charge in [-0.3, -0.25) is 0 Å². The molecular formula is C13H14Cl2O2.